The van der Waals surface area contributed by atoms with Gasteiger partial charge >= 0.3 is 5.97 Å². The number of benzene rings is 1. The van der Waals surface area contributed by atoms with Crippen LogP contribution in [0.5, 0.6) is 0 Å². The first kappa shape index (κ1) is 17.6. The maximum atomic E-state index is 12.0. The van der Waals surface area contributed by atoms with E-state index in [4.69, 9.17) is 5.11 Å². The predicted molar refractivity (Wildman–Crippen MR) is 86.6 cm³/mol. The molecule has 0 bridgehead atoms. The van der Waals surface area contributed by atoms with Gasteiger partial charge in [0, 0.05) is 0 Å². The maximum absolute atomic E-state index is 12.0. The van der Waals surface area contributed by atoms with Crippen LogP contribution in [0.4, 0.5) is 0 Å². The molecule has 0 fully saturated rings. The lowest BCUT2D eigenvalue weighted by atomic mass is 10.0. The Kier molecular flexibility index (Phi) is 7.29. The Morgan fingerprint density at radius 1 is 1.24 bits per heavy atom. The lowest BCUT2D eigenvalue weighted by Crippen LogP contribution is -2.44. The van der Waals surface area contributed by atoms with Gasteiger partial charge in [0.15, 0.2) is 0 Å². The van der Waals surface area contributed by atoms with Gasteiger partial charge < -0.3 is 10.4 Å². The van der Waals surface area contributed by atoms with Crippen LogP contribution in [0.25, 0.3) is 0 Å². The van der Waals surface area contributed by atoms with Crippen LogP contribution < -0.4 is 5.32 Å². The van der Waals surface area contributed by atoms with E-state index in [1.807, 2.05) is 44.2 Å². The molecule has 21 heavy (non-hydrogen) atoms. The second-order valence-electron chi connectivity index (χ2n) is 5.57. The van der Waals surface area contributed by atoms with Crippen LogP contribution in [-0.4, -0.2) is 28.3 Å². The van der Waals surface area contributed by atoms with Crippen molar-refractivity contribution in [1.82, 2.24) is 5.32 Å². The minimum Gasteiger partial charge on any atom is -0.480 e. The lowest BCUT2D eigenvalue weighted by molar-refractivity contribution is -0.142. The zero-order valence-corrected chi connectivity index (χ0v) is 13.3. The van der Waals surface area contributed by atoms with Crippen molar-refractivity contribution >= 4 is 24.5 Å². The lowest BCUT2D eigenvalue weighted by Gasteiger charge is -2.19. The first-order valence-electron chi connectivity index (χ1n) is 7.15. The molecule has 4 nitrogen and oxygen atoms in total. The molecule has 2 atom stereocenters. The number of aliphatic carboxylic acids is 1. The van der Waals surface area contributed by atoms with Gasteiger partial charge in [-0.3, -0.25) is 4.79 Å². The Bertz CT molecular complexity index is 462. The maximum Gasteiger partial charge on any atom is 0.326 e. The molecule has 0 saturated carbocycles. The molecule has 2 unspecified atom stereocenters. The average Bonchev–Trinajstić information content (AvgIpc) is 2.44. The monoisotopic (exact) mass is 309 g/mol. The fourth-order valence-corrected chi connectivity index (χ4v) is 2.24. The quantitative estimate of drug-likeness (QED) is 0.647. The van der Waals surface area contributed by atoms with E-state index in [2.05, 4.69) is 17.9 Å². The molecule has 0 spiro atoms. The SMILES string of the molecule is CC(C)CC(NC(=O)C(S)CCc1ccccc1)C(=O)O. The number of carbonyl (C=O) groups is 2. The first-order chi connectivity index (χ1) is 9.90. The third-order valence-electron chi connectivity index (χ3n) is 3.17. The van der Waals surface area contributed by atoms with Crippen molar-refractivity contribution in [2.75, 3.05) is 0 Å². The molecule has 116 valence electrons. The van der Waals surface area contributed by atoms with E-state index in [-0.39, 0.29) is 11.8 Å². The molecule has 1 aromatic carbocycles. The highest BCUT2D eigenvalue weighted by atomic mass is 32.1. The van der Waals surface area contributed by atoms with E-state index in [1.54, 1.807) is 0 Å². The number of rotatable bonds is 8. The summed E-state index contributed by atoms with van der Waals surface area (Å²) < 4.78 is 0. The number of hydrogen-bond acceptors (Lipinski definition) is 3. The highest BCUT2D eigenvalue weighted by molar-refractivity contribution is 7.81. The smallest absolute Gasteiger partial charge is 0.326 e. The summed E-state index contributed by atoms with van der Waals surface area (Å²) in [6.45, 7) is 3.85. The molecule has 1 aromatic rings. The van der Waals surface area contributed by atoms with E-state index in [0.717, 1.165) is 12.0 Å². The van der Waals surface area contributed by atoms with Crippen LogP contribution >= 0.6 is 12.6 Å². The largest absolute Gasteiger partial charge is 0.480 e. The molecule has 2 N–H and O–H groups in total. The zero-order valence-electron chi connectivity index (χ0n) is 12.5. The molecule has 0 aliphatic carbocycles. The second-order valence-corrected chi connectivity index (χ2v) is 6.19. The number of carbonyl (C=O) groups excluding carboxylic acids is 1. The number of aryl methyl sites for hydroxylation is 1. The Labute approximate surface area is 131 Å². The van der Waals surface area contributed by atoms with E-state index in [0.29, 0.717) is 12.8 Å². The zero-order chi connectivity index (χ0) is 15.8. The van der Waals surface area contributed by atoms with Crippen molar-refractivity contribution in [2.45, 2.75) is 44.4 Å². The summed E-state index contributed by atoms with van der Waals surface area (Å²) in [6.07, 6.45) is 1.73. The summed E-state index contributed by atoms with van der Waals surface area (Å²) in [5.74, 6) is -1.11. The van der Waals surface area contributed by atoms with Crippen molar-refractivity contribution in [3.63, 3.8) is 0 Å². The number of amides is 1. The van der Waals surface area contributed by atoms with Crippen LogP contribution in [0.15, 0.2) is 30.3 Å². The molecule has 0 aliphatic rings. The van der Waals surface area contributed by atoms with Crippen molar-refractivity contribution in [1.29, 1.82) is 0 Å². The Balaban J connectivity index is 2.47. The number of thiol groups is 1. The van der Waals surface area contributed by atoms with Gasteiger partial charge in [-0.1, -0.05) is 44.2 Å². The summed E-state index contributed by atoms with van der Waals surface area (Å²) in [5, 5.41) is 11.2. The fraction of sp³-hybridized carbons (Fsp3) is 0.500. The van der Waals surface area contributed by atoms with Crippen molar-refractivity contribution in [3.05, 3.63) is 35.9 Å². The molecular weight excluding hydrogens is 286 g/mol. The minimum absolute atomic E-state index is 0.203. The van der Waals surface area contributed by atoms with Crippen molar-refractivity contribution in [3.8, 4) is 0 Å². The van der Waals surface area contributed by atoms with Gasteiger partial charge in [0.1, 0.15) is 6.04 Å². The highest BCUT2D eigenvalue weighted by Gasteiger charge is 2.23. The third kappa shape index (κ3) is 6.67. The summed E-state index contributed by atoms with van der Waals surface area (Å²) >= 11 is 4.28. The van der Waals surface area contributed by atoms with Crippen LogP contribution in [-0.2, 0) is 16.0 Å². The van der Waals surface area contributed by atoms with Gasteiger partial charge in [-0.25, -0.2) is 4.79 Å². The number of hydrogen-bond donors (Lipinski definition) is 3. The fourth-order valence-electron chi connectivity index (χ4n) is 2.04. The van der Waals surface area contributed by atoms with Gasteiger partial charge in [-0.05, 0) is 30.7 Å². The van der Waals surface area contributed by atoms with E-state index in [1.165, 1.54) is 0 Å². The van der Waals surface area contributed by atoms with Gasteiger partial charge in [0.2, 0.25) is 5.91 Å². The topological polar surface area (TPSA) is 66.4 Å². The van der Waals surface area contributed by atoms with Crippen LogP contribution in [0.3, 0.4) is 0 Å². The summed E-state index contributed by atoms with van der Waals surface area (Å²) in [7, 11) is 0. The van der Waals surface area contributed by atoms with Crippen LogP contribution in [0, 0.1) is 5.92 Å². The van der Waals surface area contributed by atoms with E-state index < -0.39 is 17.3 Å². The van der Waals surface area contributed by atoms with Crippen LogP contribution in [0.1, 0.15) is 32.3 Å². The normalized spacial score (nSPS) is 13.7. The number of carboxylic acids is 1. The Morgan fingerprint density at radius 2 is 1.86 bits per heavy atom. The Hall–Kier alpha value is -1.49. The molecule has 0 saturated heterocycles. The molecule has 5 heteroatoms. The summed E-state index contributed by atoms with van der Waals surface area (Å²) in [4.78, 5) is 23.1. The molecule has 1 rings (SSSR count). The predicted octanol–water partition coefficient (Wildman–Crippen LogP) is 2.53. The van der Waals surface area contributed by atoms with Gasteiger partial charge in [0.05, 0.1) is 5.25 Å². The highest BCUT2D eigenvalue weighted by Crippen LogP contribution is 2.11. The van der Waals surface area contributed by atoms with E-state index in [9.17, 15) is 9.59 Å². The average molecular weight is 309 g/mol. The van der Waals surface area contributed by atoms with Crippen molar-refractivity contribution in [2.24, 2.45) is 5.92 Å². The van der Waals surface area contributed by atoms with Gasteiger partial charge in [-0.2, -0.15) is 12.6 Å². The molecule has 1 amide bonds. The molecular formula is C16H23NO3S. The Morgan fingerprint density at radius 3 is 2.38 bits per heavy atom. The van der Waals surface area contributed by atoms with Crippen LogP contribution in [0.2, 0.25) is 0 Å². The second kappa shape index (κ2) is 8.72. The third-order valence-corrected chi connectivity index (χ3v) is 3.67. The summed E-state index contributed by atoms with van der Waals surface area (Å²) in [6, 6.07) is 8.99. The molecule has 0 heterocycles. The number of carboxylic acid groups (broad SMARTS) is 1. The molecule has 0 aromatic heterocycles. The van der Waals surface area contributed by atoms with Gasteiger partial charge in [0.25, 0.3) is 0 Å². The van der Waals surface area contributed by atoms with E-state index >= 15 is 0 Å². The molecule has 0 aliphatic heterocycles. The molecule has 0 radical (unpaired) electrons. The minimum atomic E-state index is -0.999. The summed E-state index contributed by atoms with van der Waals surface area (Å²) in [5.41, 5.74) is 1.14. The number of nitrogens with one attached hydrogen (secondary N) is 1. The van der Waals surface area contributed by atoms with Crippen molar-refractivity contribution < 1.29 is 14.7 Å². The first-order valence-corrected chi connectivity index (χ1v) is 7.67. The van der Waals surface area contributed by atoms with Gasteiger partial charge in [-0.15, -0.1) is 0 Å². The standard InChI is InChI=1S/C16H23NO3S/c1-11(2)10-13(16(19)20)17-15(18)14(21)9-8-12-6-4-3-5-7-12/h3-7,11,13-14,21H,8-10H2,1-2H3,(H,17,18)(H,19,20).